The molecule has 14 heteroatoms. The van der Waals surface area contributed by atoms with Crippen molar-refractivity contribution in [2.24, 2.45) is 0 Å². The van der Waals surface area contributed by atoms with Crippen molar-refractivity contribution in [2.75, 3.05) is 13.2 Å². The molecule has 5 N–H and O–H groups in total. The Labute approximate surface area is 274 Å². The number of benzene rings is 3. The molecule has 0 aliphatic rings. The molecular formula is C34H36F3N3O8. The van der Waals surface area contributed by atoms with Gasteiger partial charge in [0.05, 0.1) is 5.56 Å². The Kier molecular flexibility index (Phi) is 13.5. The first-order valence-corrected chi connectivity index (χ1v) is 15.1. The predicted octanol–water partition coefficient (Wildman–Crippen LogP) is 4.24. The number of aliphatic carboxylic acids is 1. The topological polar surface area (TPSA) is 171 Å². The van der Waals surface area contributed by atoms with E-state index in [2.05, 4.69) is 16.0 Å². The summed E-state index contributed by atoms with van der Waals surface area (Å²) in [4.78, 5) is 63.0. The summed E-state index contributed by atoms with van der Waals surface area (Å²) in [5.74, 6) is -5.08. The van der Waals surface area contributed by atoms with Crippen molar-refractivity contribution < 1.29 is 52.1 Å². The van der Waals surface area contributed by atoms with Crippen LogP contribution in [0.1, 0.15) is 63.6 Å². The minimum absolute atomic E-state index is 0.0251. The third-order valence-electron chi connectivity index (χ3n) is 7.16. The molecular weight excluding hydrogens is 635 g/mol. The Bertz CT molecular complexity index is 1580. The van der Waals surface area contributed by atoms with Gasteiger partial charge in [-0.15, -0.1) is 0 Å². The van der Waals surface area contributed by atoms with Crippen molar-refractivity contribution in [3.8, 4) is 5.75 Å². The number of rotatable bonds is 17. The number of carboxylic acid groups (broad SMARTS) is 2. The van der Waals surface area contributed by atoms with E-state index in [1.54, 1.807) is 30.3 Å². The third kappa shape index (κ3) is 11.4. The Morgan fingerprint density at radius 3 is 2.04 bits per heavy atom. The van der Waals surface area contributed by atoms with Gasteiger partial charge < -0.3 is 30.9 Å². The first-order valence-electron chi connectivity index (χ1n) is 15.1. The molecule has 0 aliphatic heterocycles. The molecule has 3 aromatic carbocycles. The molecule has 0 heterocycles. The molecule has 0 radical (unpaired) electrons. The van der Waals surface area contributed by atoms with Gasteiger partial charge in [0.15, 0.2) is 6.61 Å². The molecule has 0 aliphatic carbocycles. The third-order valence-corrected chi connectivity index (χ3v) is 7.16. The Morgan fingerprint density at radius 1 is 0.792 bits per heavy atom. The normalized spacial score (nSPS) is 12.3. The minimum Gasteiger partial charge on any atom is -0.481 e. The molecule has 0 unspecified atom stereocenters. The van der Waals surface area contributed by atoms with E-state index in [9.17, 15) is 42.3 Å². The quantitative estimate of drug-likeness (QED) is 0.133. The van der Waals surface area contributed by atoms with Crippen molar-refractivity contribution in [1.82, 2.24) is 16.0 Å². The smallest absolute Gasteiger partial charge is 0.416 e. The number of aromatic carboxylic acids is 1. The van der Waals surface area contributed by atoms with Crippen molar-refractivity contribution in [2.45, 2.75) is 57.3 Å². The van der Waals surface area contributed by atoms with Crippen molar-refractivity contribution >= 4 is 29.7 Å². The lowest BCUT2D eigenvalue weighted by atomic mass is 10.00. The zero-order chi connectivity index (χ0) is 35.3. The van der Waals surface area contributed by atoms with Gasteiger partial charge in [0.1, 0.15) is 23.4 Å². The number of hydrogen-bond acceptors (Lipinski definition) is 6. The van der Waals surface area contributed by atoms with Gasteiger partial charge in [-0.1, -0.05) is 56.2 Å². The van der Waals surface area contributed by atoms with Crippen LogP contribution in [0, 0.1) is 0 Å². The first-order chi connectivity index (χ1) is 22.8. The first kappa shape index (κ1) is 37.1. The summed E-state index contributed by atoms with van der Waals surface area (Å²) in [7, 11) is 0. The highest BCUT2D eigenvalue weighted by molar-refractivity contribution is 5.98. The molecule has 3 amide bonds. The maximum atomic E-state index is 13.7. The van der Waals surface area contributed by atoms with E-state index < -0.39 is 60.1 Å². The standard InChI is InChI=1S/C34H36F3N3O8/c1-2-3-7-16-38-31(44)26(19-22-10-15-28(48-20-29(41)42)25(17-22)33(46)47)40-32(45)27(18-21-8-5-4-6-9-21)39-30(43)23-11-13-24(14-12-23)34(35,36)37/h4-6,8-15,17,26-27H,2-3,7,16,18-20H2,1H3,(H,38,44)(H,39,43)(H,40,45)(H,41,42)(H,46,47)/t26-,27-/m0/s1. The molecule has 0 saturated carbocycles. The highest BCUT2D eigenvalue weighted by Gasteiger charge is 2.31. The van der Waals surface area contributed by atoms with Crippen LogP contribution in [0.3, 0.4) is 0 Å². The summed E-state index contributed by atoms with van der Waals surface area (Å²) in [6.45, 7) is 1.51. The predicted molar refractivity (Wildman–Crippen MR) is 168 cm³/mol. The molecule has 0 aromatic heterocycles. The second kappa shape index (κ2) is 17.5. The highest BCUT2D eigenvalue weighted by Crippen LogP contribution is 2.29. The van der Waals surface area contributed by atoms with Crippen molar-refractivity contribution in [3.63, 3.8) is 0 Å². The lowest BCUT2D eigenvalue weighted by molar-refractivity contribution is -0.139. The summed E-state index contributed by atoms with van der Waals surface area (Å²) in [6.07, 6.45) is -2.41. The van der Waals surface area contributed by atoms with E-state index in [1.807, 2.05) is 6.92 Å². The van der Waals surface area contributed by atoms with Gasteiger partial charge >= 0.3 is 18.1 Å². The van der Waals surface area contributed by atoms with Gasteiger partial charge in [0.2, 0.25) is 11.8 Å². The molecule has 48 heavy (non-hydrogen) atoms. The number of unbranched alkanes of at least 4 members (excludes halogenated alkanes) is 2. The van der Waals surface area contributed by atoms with Gasteiger partial charge in [-0.25, -0.2) is 9.59 Å². The van der Waals surface area contributed by atoms with Crippen molar-refractivity contribution in [3.05, 3.63) is 101 Å². The molecule has 256 valence electrons. The van der Waals surface area contributed by atoms with Crippen molar-refractivity contribution in [1.29, 1.82) is 0 Å². The van der Waals surface area contributed by atoms with Crippen LogP contribution < -0.4 is 20.7 Å². The van der Waals surface area contributed by atoms with Gasteiger partial charge in [0, 0.05) is 24.9 Å². The largest absolute Gasteiger partial charge is 0.481 e. The van der Waals surface area contributed by atoms with E-state index in [0.29, 0.717) is 24.1 Å². The fraction of sp³-hybridized carbons (Fsp3) is 0.324. The zero-order valence-electron chi connectivity index (χ0n) is 26.0. The number of carboxylic acids is 2. The maximum absolute atomic E-state index is 13.7. The van der Waals surface area contributed by atoms with Gasteiger partial charge in [-0.3, -0.25) is 14.4 Å². The van der Waals surface area contributed by atoms with Gasteiger partial charge in [0.25, 0.3) is 5.91 Å². The summed E-state index contributed by atoms with van der Waals surface area (Å²) in [6, 6.07) is 13.5. The molecule has 11 nitrogen and oxygen atoms in total. The monoisotopic (exact) mass is 671 g/mol. The van der Waals surface area contributed by atoms with E-state index in [4.69, 9.17) is 9.84 Å². The fourth-order valence-electron chi connectivity index (χ4n) is 4.67. The molecule has 3 aromatic rings. The van der Waals surface area contributed by atoms with Gasteiger partial charge in [-0.05, 0) is 53.9 Å². The molecule has 0 fully saturated rings. The molecule has 0 saturated heterocycles. The number of hydrogen-bond donors (Lipinski definition) is 5. The maximum Gasteiger partial charge on any atom is 0.416 e. The van der Waals surface area contributed by atoms with Crippen LogP contribution in [0.25, 0.3) is 0 Å². The van der Waals surface area contributed by atoms with E-state index >= 15 is 0 Å². The van der Waals surface area contributed by atoms with E-state index in [-0.39, 0.29) is 29.7 Å². The number of alkyl halides is 3. The average molecular weight is 672 g/mol. The zero-order valence-corrected chi connectivity index (χ0v) is 26.0. The Morgan fingerprint density at radius 2 is 1.44 bits per heavy atom. The highest BCUT2D eigenvalue weighted by atomic mass is 19.4. The van der Waals surface area contributed by atoms with Crippen LogP contribution >= 0.6 is 0 Å². The Balaban J connectivity index is 1.89. The van der Waals surface area contributed by atoms with Crippen LogP contribution in [0.4, 0.5) is 13.2 Å². The lowest BCUT2D eigenvalue weighted by Crippen LogP contribution is -2.55. The second-order valence-electron chi connectivity index (χ2n) is 10.9. The van der Waals surface area contributed by atoms with Gasteiger partial charge in [-0.2, -0.15) is 13.2 Å². The molecule has 0 bridgehead atoms. The summed E-state index contributed by atoms with van der Waals surface area (Å²) >= 11 is 0. The summed E-state index contributed by atoms with van der Waals surface area (Å²) < 4.78 is 44.2. The average Bonchev–Trinajstić information content (AvgIpc) is 3.05. The van der Waals surface area contributed by atoms with E-state index in [1.165, 1.54) is 18.2 Å². The Hall–Kier alpha value is -5.40. The molecule has 0 spiro atoms. The minimum atomic E-state index is -4.60. The second-order valence-corrected chi connectivity index (χ2v) is 10.9. The van der Waals surface area contributed by atoms with Crippen LogP contribution in [0.5, 0.6) is 5.75 Å². The number of halogens is 3. The summed E-state index contributed by atoms with van der Waals surface area (Å²) in [5.41, 5.74) is -0.470. The SMILES string of the molecule is CCCCCNC(=O)[C@H](Cc1ccc(OCC(=O)O)c(C(=O)O)c1)NC(=O)[C@H](Cc1ccccc1)NC(=O)c1ccc(C(F)(F)F)cc1. The number of nitrogens with one attached hydrogen (secondary N) is 3. The van der Waals surface area contributed by atoms with Crippen LogP contribution in [-0.2, 0) is 33.4 Å². The fourth-order valence-corrected chi connectivity index (χ4v) is 4.67. The molecule has 2 atom stereocenters. The van der Waals surface area contributed by atoms with Crippen LogP contribution in [0.2, 0.25) is 0 Å². The van der Waals surface area contributed by atoms with E-state index in [0.717, 1.165) is 37.1 Å². The van der Waals surface area contributed by atoms with Crippen LogP contribution in [0.15, 0.2) is 72.8 Å². The number of ether oxygens (including phenoxy) is 1. The molecule has 3 rings (SSSR count). The summed E-state index contributed by atoms with van der Waals surface area (Å²) in [5, 5.41) is 26.5. The number of carbonyl (C=O) groups excluding carboxylic acids is 3. The lowest BCUT2D eigenvalue weighted by Gasteiger charge is -2.24. The number of carbonyl (C=O) groups is 5. The number of amides is 3. The van der Waals surface area contributed by atoms with Crippen LogP contribution in [-0.4, -0.2) is 65.1 Å².